The molecule has 1 aromatic heterocycles. The van der Waals surface area contributed by atoms with Crippen molar-refractivity contribution in [2.45, 2.75) is 5.79 Å². The Labute approximate surface area is 392 Å². The summed E-state index contributed by atoms with van der Waals surface area (Å²) in [6, 6.07) is 30.2. The van der Waals surface area contributed by atoms with Gasteiger partial charge in [0.1, 0.15) is 5.82 Å². The molecule has 0 bridgehead atoms. The molecule has 0 aliphatic carbocycles. The minimum Gasteiger partial charge on any atom is -0.274 e. The Morgan fingerprint density at radius 1 is 0.362 bits per heavy atom. The molecular weight excluding hydrogens is 986 g/mol. The molecule has 4 nitrogen and oxygen atoms in total. The molecule has 0 radical (unpaired) electrons. The molecule has 0 unspecified atom stereocenters. The molecule has 1 aliphatic rings. The van der Waals surface area contributed by atoms with Gasteiger partial charge in [-0.1, -0.05) is 139 Å². The van der Waals surface area contributed by atoms with Crippen molar-refractivity contribution in [1.29, 1.82) is 0 Å². The zero-order valence-electron chi connectivity index (χ0n) is 28.7. The molecule has 0 saturated carbocycles. The molecule has 2 heterocycles. The number of hydrogen-bond acceptors (Lipinski definition) is 3. The summed E-state index contributed by atoms with van der Waals surface area (Å²) in [5.74, 6) is -1.65. The average molecular weight is 1000 g/mol. The van der Waals surface area contributed by atoms with Crippen LogP contribution < -0.4 is 0 Å². The van der Waals surface area contributed by atoms with Crippen molar-refractivity contribution in [3.05, 3.63) is 186 Å². The van der Waals surface area contributed by atoms with Gasteiger partial charge in [0.2, 0.25) is 0 Å². The number of benzene rings is 6. The summed E-state index contributed by atoms with van der Waals surface area (Å²) >= 11 is 81.2. The number of aliphatic imine (C=N–C) groups is 2. The first-order valence-corrected chi connectivity index (χ1v) is 21.2. The highest BCUT2D eigenvalue weighted by molar-refractivity contribution is 6.58. The van der Waals surface area contributed by atoms with Crippen molar-refractivity contribution in [2.75, 3.05) is 0 Å². The second kappa shape index (κ2) is 16.7. The van der Waals surface area contributed by atoms with Gasteiger partial charge in [-0.05, 0) is 109 Å². The third-order valence-corrected chi connectivity index (χ3v) is 12.4. The normalized spacial score (nSPS) is 13.5. The first-order chi connectivity index (χ1) is 27.6. The van der Waals surface area contributed by atoms with E-state index in [0.717, 1.165) is 0 Å². The largest absolute Gasteiger partial charge is 0.274 e. The molecule has 0 spiro atoms. The lowest BCUT2D eigenvalue weighted by Gasteiger charge is -2.31. The molecule has 6 aromatic carbocycles. The Kier molecular flexibility index (Phi) is 12.1. The predicted molar refractivity (Wildman–Crippen MR) is 248 cm³/mol. The molecule has 16 heteroatoms. The third kappa shape index (κ3) is 7.75. The Hall–Kier alpha value is -2.65. The van der Waals surface area contributed by atoms with Crippen LogP contribution in [0.2, 0.25) is 60.3 Å². The molecule has 0 fully saturated rings. The Morgan fingerprint density at radius 3 is 1.10 bits per heavy atom. The molecular formula is C42H18Cl12N4. The van der Waals surface area contributed by atoms with E-state index >= 15 is 0 Å². The van der Waals surface area contributed by atoms with Crippen LogP contribution in [0.1, 0.15) is 16.7 Å². The van der Waals surface area contributed by atoms with E-state index in [9.17, 15) is 0 Å². The van der Waals surface area contributed by atoms with Crippen molar-refractivity contribution < 1.29 is 0 Å². The van der Waals surface area contributed by atoms with Crippen LogP contribution >= 0.6 is 139 Å². The molecule has 7 aromatic rings. The van der Waals surface area contributed by atoms with Crippen molar-refractivity contribution in [3.63, 3.8) is 0 Å². The van der Waals surface area contributed by atoms with E-state index < -0.39 is 5.79 Å². The smallest absolute Gasteiger partial charge is 0.263 e. The zero-order valence-corrected chi connectivity index (χ0v) is 37.8. The van der Waals surface area contributed by atoms with E-state index in [1.54, 1.807) is 114 Å². The van der Waals surface area contributed by atoms with Crippen molar-refractivity contribution in [1.82, 2.24) is 9.55 Å². The van der Waals surface area contributed by atoms with Crippen LogP contribution in [0.5, 0.6) is 0 Å². The molecule has 290 valence electrons. The summed E-state index contributed by atoms with van der Waals surface area (Å²) in [5.41, 5.74) is 4.08. The second-order valence-electron chi connectivity index (χ2n) is 12.8. The Morgan fingerprint density at radius 2 is 0.707 bits per heavy atom. The van der Waals surface area contributed by atoms with Crippen LogP contribution in [0.4, 0.5) is 0 Å². The maximum atomic E-state index is 7.24. The van der Waals surface area contributed by atoms with Gasteiger partial charge >= 0.3 is 0 Å². The summed E-state index contributed by atoms with van der Waals surface area (Å²) in [6.45, 7) is 0. The van der Waals surface area contributed by atoms with E-state index in [2.05, 4.69) is 0 Å². The quantitative estimate of drug-likeness (QED) is 0.157. The molecule has 8 rings (SSSR count). The highest BCUT2D eigenvalue weighted by Gasteiger charge is 2.47. The fraction of sp³-hybridized carbons (Fsp3) is 0.0238. The number of halogens is 12. The fourth-order valence-corrected chi connectivity index (χ4v) is 9.68. The first kappa shape index (κ1) is 42.1. The van der Waals surface area contributed by atoms with Gasteiger partial charge in [0, 0.05) is 63.5 Å². The standard InChI is InChI=1S/C42H18Cl12N4/c43-19-1-7-25(31(49)13-19)37-38(26-8-2-20(44)14-32(26)50)57-42(56-37,30-12-6-24(48)18-36(30)54)58-40(28-10-4-22(46)16-34(28)52)39(27-9-3-21(45)15-33(27)51)55-41(58)29-11-5-23(47)17-35(29)53/h1-18H. The third-order valence-electron chi connectivity index (χ3n) is 9.16. The molecule has 0 atom stereocenters. The Balaban J connectivity index is 1.64. The van der Waals surface area contributed by atoms with Gasteiger partial charge in [0.15, 0.2) is 0 Å². The summed E-state index contributed by atoms with van der Waals surface area (Å²) < 4.78 is 1.78. The van der Waals surface area contributed by atoms with E-state index in [0.29, 0.717) is 86.3 Å². The molecule has 58 heavy (non-hydrogen) atoms. The van der Waals surface area contributed by atoms with Crippen LogP contribution in [0.25, 0.3) is 33.9 Å². The van der Waals surface area contributed by atoms with Gasteiger partial charge in [-0.2, -0.15) is 0 Å². The molecule has 0 amide bonds. The summed E-state index contributed by atoms with van der Waals surface area (Å²) in [4.78, 5) is 16.4. The fourth-order valence-electron chi connectivity index (χ4n) is 6.66. The summed E-state index contributed by atoms with van der Waals surface area (Å²) in [7, 11) is 0. The summed E-state index contributed by atoms with van der Waals surface area (Å²) in [5, 5.41) is 3.92. The van der Waals surface area contributed by atoms with Gasteiger partial charge < -0.3 is 0 Å². The van der Waals surface area contributed by atoms with E-state index in [-0.39, 0.29) is 36.0 Å². The SMILES string of the molecule is Clc1ccc(C2=NC(c3ccc(Cl)cc3Cl)(n3c(-c4ccc(Cl)cc4Cl)nc(-c4ccc(Cl)cc4Cl)c3-c3ccc(Cl)cc3Cl)N=C2c2ccc(Cl)cc2Cl)c(Cl)c1. The highest BCUT2D eigenvalue weighted by atomic mass is 35.5. The first-order valence-electron chi connectivity index (χ1n) is 16.7. The molecule has 0 saturated heterocycles. The lowest BCUT2D eigenvalue weighted by Crippen LogP contribution is -2.32. The number of nitrogens with zero attached hydrogens (tertiary/aromatic N) is 4. The lowest BCUT2D eigenvalue weighted by atomic mass is 10.00. The predicted octanol–water partition coefficient (Wildman–Crippen LogP) is 17.4. The number of aromatic nitrogens is 2. The van der Waals surface area contributed by atoms with Crippen LogP contribution in [-0.4, -0.2) is 21.0 Å². The Bertz CT molecular complexity index is 2830. The average Bonchev–Trinajstić information content (AvgIpc) is 3.72. The maximum absolute atomic E-state index is 7.24. The van der Waals surface area contributed by atoms with Crippen LogP contribution in [-0.2, 0) is 5.79 Å². The lowest BCUT2D eigenvalue weighted by molar-refractivity contribution is 0.409. The number of hydrogen-bond donors (Lipinski definition) is 0. The number of imidazole rings is 1. The number of rotatable bonds is 7. The highest BCUT2D eigenvalue weighted by Crippen LogP contribution is 2.51. The molecule has 0 N–H and O–H groups in total. The van der Waals surface area contributed by atoms with Gasteiger partial charge in [-0.15, -0.1) is 0 Å². The van der Waals surface area contributed by atoms with Crippen LogP contribution in [0.3, 0.4) is 0 Å². The van der Waals surface area contributed by atoms with Crippen molar-refractivity contribution in [2.24, 2.45) is 9.98 Å². The molecule has 1 aliphatic heterocycles. The van der Waals surface area contributed by atoms with Gasteiger partial charge in [-0.3, -0.25) is 4.57 Å². The minimum atomic E-state index is -1.90. The van der Waals surface area contributed by atoms with E-state index in [4.69, 9.17) is 154 Å². The van der Waals surface area contributed by atoms with Crippen molar-refractivity contribution >= 4 is 151 Å². The second-order valence-corrected chi connectivity index (χ2v) is 17.8. The monoisotopic (exact) mass is 998 g/mol. The van der Waals surface area contributed by atoms with Gasteiger partial charge in [-0.25, -0.2) is 15.0 Å². The summed E-state index contributed by atoms with van der Waals surface area (Å²) in [6.07, 6.45) is 0. The minimum absolute atomic E-state index is 0.200. The maximum Gasteiger partial charge on any atom is 0.263 e. The van der Waals surface area contributed by atoms with E-state index in [1.165, 1.54) is 0 Å². The van der Waals surface area contributed by atoms with Crippen LogP contribution in [0.15, 0.2) is 119 Å². The van der Waals surface area contributed by atoms with Crippen molar-refractivity contribution in [3.8, 4) is 33.9 Å². The van der Waals surface area contributed by atoms with Gasteiger partial charge in [0.05, 0.1) is 52.9 Å². The topological polar surface area (TPSA) is 42.5 Å². The van der Waals surface area contributed by atoms with E-state index in [1.807, 2.05) is 0 Å². The van der Waals surface area contributed by atoms with Gasteiger partial charge in [0.25, 0.3) is 5.79 Å². The zero-order chi connectivity index (χ0) is 41.2. The van der Waals surface area contributed by atoms with Crippen LogP contribution in [0, 0.1) is 0 Å².